The number of hydrogen-bond donors (Lipinski definition) is 2. The summed E-state index contributed by atoms with van der Waals surface area (Å²) in [6.07, 6.45) is 0.817. The van der Waals surface area contributed by atoms with Crippen LogP contribution in [0.15, 0.2) is 182 Å². The Labute approximate surface area is 377 Å². The largest absolute Gasteiger partial charge is 0.491 e. The van der Waals surface area contributed by atoms with Crippen molar-refractivity contribution in [3.8, 4) is 56.4 Å². The van der Waals surface area contributed by atoms with Crippen LogP contribution in [-0.4, -0.2) is 36.6 Å². The van der Waals surface area contributed by atoms with E-state index < -0.39 is 0 Å². The van der Waals surface area contributed by atoms with E-state index >= 15 is 0 Å². The Balaban J connectivity index is 0.873. The van der Waals surface area contributed by atoms with Crippen LogP contribution in [0.1, 0.15) is 22.3 Å². The molecule has 0 fully saturated rings. The van der Waals surface area contributed by atoms with E-state index in [2.05, 4.69) is 146 Å². The molecular weight excluding hydrogens is 805 g/mol. The van der Waals surface area contributed by atoms with Gasteiger partial charge >= 0.3 is 0 Å². The van der Waals surface area contributed by atoms with Crippen molar-refractivity contribution in [3.05, 3.63) is 204 Å². The number of rotatable bonds is 14. The van der Waals surface area contributed by atoms with Crippen LogP contribution in [0.5, 0.6) is 23.0 Å². The molecule has 0 radical (unpaired) electrons. The first-order valence-electron chi connectivity index (χ1n) is 22.2. The van der Waals surface area contributed by atoms with Gasteiger partial charge in [0.05, 0.1) is 13.2 Å². The van der Waals surface area contributed by atoms with Crippen molar-refractivity contribution >= 4 is 43.1 Å². The third-order valence-electron chi connectivity index (χ3n) is 12.6. The van der Waals surface area contributed by atoms with Crippen molar-refractivity contribution in [2.45, 2.75) is 19.6 Å². The summed E-state index contributed by atoms with van der Waals surface area (Å²) in [6.45, 7) is 1.01. The van der Waals surface area contributed by atoms with E-state index in [0.29, 0.717) is 24.7 Å². The second kappa shape index (κ2) is 17.5. The summed E-state index contributed by atoms with van der Waals surface area (Å²) in [7, 11) is 0. The van der Waals surface area contributed by atoms with Gasteiger partial charge in [-0.05, 0) is 107 Å². The summed E-state index contributed by atoms with van der Waals surface area (Å²) >= 11 is 0. The fourth-order valence-corrected chi connectivity index (χ4v) is 9.65. The van der Waals surface area contributed by atoms with E-state index in [1.54, 1.807) is 0 Å². The lowest BCUT2D eigenvalue weighted by molar-refractivity contribution is 0.202. The van der Waals surface area contributed by atoms with Crippen molar-refractivity contribution < 1.29 is 29.2 Å². The van der Waals surface area contributed by atoms with Crippen molar-refractivity contribution in [2.75, 3.05) is 26.4 Å². The fourth-order valence-electron chi connectivity index (χ4n) is 9.65. The second-order valence-corrected chi connectivity index (χ2v) is 16.5. The van der Waals surface area contributed by atoms with Gasteiger partial charge in [-0.15, -0.1) is 0 Å². The third-order valence-corrected chi connectivity index (χ3v) is 12.6. The van der Waals surface area contributed by atoms with Gasteiger partial charge in [-0.3, -0.25) is 0 Å². The van der Waals surface area contributed by atoms with Crippen LogP contribution < -0.4 is 18.9 Å². The number of ether oxygens (including phenoxy) is 4. The predicted octanol–water partition coefficient (Wildman–Crippen LogP) is 13.1. The second-order valence-electron chi connectivity index (χ2n) is 16.5. The van der Waals surface area contributed by atoms with Crippen LogP contribution in [0.25, 0.3) is 76.5 Å². The Bertz CT molecular complexity index is 3180. The number of aliphatic hydroxyl groups excluding tert-OH is 2. The van der Waals surface area contributed by atoms with Gasteiger partial charge in [-0.2, -0.15) is 0 Å². The third kappa shape index (κ3) is 7.57. The number of fused-ring (bicyclic) bond motifs is 7. The highest BCUT2D eigenvalue weighted by Gasteiger charge is 2.23. The van der Waals surface area contributed by atoms with Crippen LogP contribution in [0.4, 0.5) is 0 Å². The molecule has 0 saturated heterocycles. The van der Waals surface area contributed by atoms with E-state index in [1.165, 1.54) is 22.3 Å². The summed E-state index contributed by atoms with van der Waals surface area (Å²) in [4.78, 5) is 0. The Hall–Kier alpha value is -7.64. The number of aliphatic hydroxyl groups is 2. The summed E-state index contributed by atoms with van der Waals surface area (Å²) in [5, 5.41) is 28.1. The zero-order chi connectivity index (χ0) is 43.7. The van der Waals surface area contributed by atoms with Crippen molar-refractivity contribution in [3.63, 3.8) is 0 Å². The Morgan fingerprint density at radius 1 is 0.338 bits per heavy atom. The minimum atomic E-state index is -0.0780. The molecule has 0 unspecified atom stereocenters. The SMILES string of the molecule is OCCOc1ccc2ccccc2c1-c1c(OCc2ccc3c(c2)Cc2cc(COc4ccc5ccccc5c4-c4c(OCCO)ccc5ccccc45)ccc2-3)ccc2ccccc12. The Morgan fingerprint density at radius 3 is 1.00 bits per heavy atom. The van der Waals surface area contributed by atoms with Gasteiger partial charge in [0.15, 0.2) is 0 Å². The van der Waals surface area contributed by atoms with Gasteiger partial charge in [-0.25, -0.2) is 0 Å². The average molecular weight is 851 g/mol. The maximum absolute atomic E-state index is 9.71. The molecule has 11 rings (SSSR count). The topological polar surface area (TPSA) is 77.4 Å². The summed E-state index contributed by atoms with van der Waals surface area (Å²) in [5.74, 6) is 2.96. The lowest BCUT2D eigenvalue weighted by Crippen LogP contribution is -2.04. The molecule has 0 bridgehead atoms. The van der Waals surface area contributed by atoms with E-state index in [-0.39, 0.29) is 26.4 Å². The highest BCUT2D eigenvalue weighted by atomic mass is 16.5. The fraction of sp³-hybridized carbons (Fsp3) is 0.119. The molecule has 10 aromatic carbocycles. The van der Waals surface area contributed by atoms with Gasteiger partial charge in [-0.1, -0.05) is 158 Å². The van der Waals surface area contributed by atoms with Crippen molar-refractivity contribution in [1.29, 1.82) is 0 Å². The zero-order valence-corrected chi connectivity index (χ0v) is 35.8. The van der Waals surface area contributed by atoms with Gasteiger partial charge in [0.25, 0.3) is 0 Å². The molecule has 0 aliphatic heterocycles. The van der Waals surface area contributed by atoms with Crippen molar-refractivity contribution in [2.24, 2.45) is 0 Å². The molecule has 2 N–H and O–H groups in total. The van der Waals surface area contributed by atoms with Gasteiger partial charge in [0.1, 0.15) is 49.4 Å². The zero-order valence-electron chi connectivity index (χ0n) is 35.8. The Morgan fingerprint density at radius 2 is 0.662 bits per heavy atom. The van der Waals surface area contributed by atoms with Crippen LogP contribution >= 0.6 is 0 Å². The van der Waals surface area contributed by atoms with Gasteiger partial charge in [0.2, 0.25) is 0 Å². The predicted molar refractivity (Wildman–Crippen MR) is 262 cm³/mol. The summed E-state index contributed by atoms with van der Waals surface area (Å²) in [6, 6.07) is 63.2. The number of hydrogen-bond acceptors (Lipinski definition) is 6. The molecule has 318 valence electrons. The summed E-state index contributed by atoms with van der Waals surface area (Å²) in [5.41, 5.74) is 11.1. The molecule has 1 aliphatic carbocycles. The Kier molecular flexibility index (Phi) is 10.8. The van der Waals surface area contributed by atoms with E-state index in [4.69, 9.17) is 18.9 Å². The van der Waals surface area contributed by atoms with E-state index in [1.807, 2.05) is 36.4 Å². The molecule has 6 nitrogen and oxygen atoms in total. The van der Waals surface area contributed by atoms with E-state index in [9.17, 15) is 10.2 Å². The van der Waals surface area contributed by atoms with Crippen LogP contribution in [0.2, 0.25) is 0 Å². The van der Waals surface area contributed by atoms with Crippen LogP contribution in [0.3, 0.4) is 0 Å². The summed E-state index contributed by atoms with van der Waals surface area (Å²) < 4.78 is 26.0. The van der Waals surface area contributed by atoms with Gasteiger partial charge in [0, 0.05) is 22.3 Å². The maximum atomic E-state index is 9.71. The normalized spacial score (nSPS) is 11.8. The first-order chi connectivity index (χ1) is 32.1. The molecule has 6 heteroatoms. The molecule has 0 atom stereocenters. The molecule has 0 aromatic heterocycles. The smallest absolute Gasteiger partial charge is 0.128 e. The highest BCUT2D eigenvalue weighted by Crippen LogP contribution is 2.48. The monoisotopic (exact) mass is 850 g/mol. The average Bonchev–Trinajstić information content (AvgIpc) is 3.72. The minimum absolute atomic E-state index is 0.0780. The van der Waals surface area contributed by atoms with Crippen molar-refractivity contribution in [1.82, 2.24) is 0 Å². The van der Waals surface area contributed by atoms with Gasteiger partial charge < -0.3 is 29.2 Å². The molecule has 0 saturated carbocycles. The quantitative estimate of drug-likeness (QED) is 0.113. The van der Waals surface area contributed by atoms with Crippen LogP contribution in [0, 0.1) is 0 Å². The lowest BCUT2D eigenvalue weighted by Gasteiger charge is -2.20. The maximum Gasteiger partial charge on any atom is 0.128 e. The molecule has 0 spiro atoms. The highest BCUT2D eigenvalue weighted by molar-refractivity contribution is 6.11. The first-order valence-corrected chi connectivity index (χ1v) is 22.2. The minimum Gasteiger partial charge on any atom is -0.491 e. The first kappa shape index (κ1) is 40.2. The standard InChI is InChI=1S/C59H46O6/c60-29-31-62-52-25-19-40-9-1-5-13-48(40)56(52)58-50-15-7-3-11-42(50)21-27-54(58)64-36-38-17-23-46-44(33-38)35-45-34-39(18-24-47(45)46)37-65-55-28-22-43-12-4-8-16-51(43)59(55)57-49-14-6-2-10-41(49)20-26-53(57)63-32-30-61/h1-28,33-34,60-61H,29-32,35-37H2. The molecular formula is C59H46O6. The molecule has 1 aliphatic rings. The number of benzene rings is 10. The molecule has 65 heavy (non-hydrogen) atoms. The molecule has 0 amide bonds. The lowest BCUT2D eigenvalue weighted by atomic mass is 9.92. The molecule has 0 heterocycles. The van der Waals surface area contributed by atoms with E-state index in [0.717, 1.165) is 94.4 Å². The van der Waals surface area contributed by atoms with Crippen LogP contribution in [-0.2, 0) is 19.6 Å². The molecule has 10 aromatic rings.